The van der Waals surface area contributed by atoms with E-state index in [0.717, 1.165) is 23.5 Å². The lowest BCUT2D eigenvalue weighted by atomic mass is 10.1. The van der Waals surface area contributed by atoms with Gasteiger partial charge in [-0.2, -0.15) is 13.2 Å². The lowest BCUT2D eigenvalue weighted by Gasteiger charge is -2.11. The Kier molecular flexibility index (Phi) is 4.91. The first-order chi connectivity index (χ1) is 12.8. The van der Waals surface area contributed by atoms with Crippen molar-refractivity contribution >= 4 is 28.1 Å². The molecule has 138 valence electrons. The molecule has 0 bridgehead atoms. The molecule has 0 atom stereocenters. The number of nitrogens with one attached hydrogen (secondary N) is 1. The second-order valence-corrected chi connectivity index (χ2v) is 6.20. The highest BCUT2D eigenvalue weighted by atomic mass is 32.1. The predicted octanol–water partition coefficient (Wildman–Crippen LogP) is 4.99. The molecule has 27 heavy (non-hydrogen) atoms. The van der Waals surface area contributed by atoms with Crippen LogP contribution in [0.4, 0.5) is 24.0 Å². The maximum absolute atomic E-state index is 13.0. The zero-order chi connectivity index (χ0) is 19.6. The summed E-state index contributed by atoms with van der Waals surface area (Å²) in [4.78, 5) is 26.5. The summed E-state index contributed by atoms with van der Waals surface area (Å²) in [6, 6.07) is 10.1. The molecule has 10 heteroatoms. The number of amides is 1. The molecule has 0 saturated carbocycles. The third kappa shape index (κ3) is 4.11. The van der Waals surface area contributed by atoms with Gasteiger partial charge in [0.2, 0.25) is 0 Å². The van der Waals surface area contributed by atoms with Crippen molar-refractivity contribution in [3.05, 3.63) is 75.2 Å². The number of carbonyl (C=O) groups excluding carboxylic acids is 1. The van der Waals surface area contributed by atoms with E-state index in [9.17, 15) is 28.1 Å². The number of halogens is 3. The zero-order valence-electron chi connectivity index (χ0n) is 13.4. The van der Waals surface area contributed by atoms with E-state index < -0.39 is 28.1 Å². The van der Waals surface area contributed by atoms with Crippen LogP contribution in [0.3, 0.4) is 0 Å². The Labute approximate surface area is 154 Å². The number of nitrogens with zero attached hydrogens (tertiary/aromatic N) is 2. The second kappa shape index (κ2) is 7.16. The van der Waals surface area contributed by atoms with Gasteiger partial charge in [0, 0.05) is 23.1 Å². The molecular formula is C17H10F3N3O3S. The van der Waals surface area contributed by atoms with Crippen molar-refractivity contribution in [2.75, 3.05) is 5.32 Å². The summed E-state index contributed by atoms with van der Waals surface area (Å²) < 4.78 is 39.1. The molecule has 0 aliphatic rings. The number of rotatable bonds is 4. The highest BCUT2D eigenvalue weighted by Crippen LogP contribution is 2.32. The average Bonchev–Trinajstić information content (AvgIpc) is 3.09. The Balaban J connectivity index is 1.80. The van der Waals surface area contributed by atoms with Gasteiger partial charge in [-0.3, -0.25) is 20.2 Å². The number of non-ortho nitro benzene ring substituents is 1. The molecular weight excluding hydrogens is 383 g/mol. The van der Waals surface area contributed by atoms with Crippen LogP contribution in [0, 0.1) is 10.1 Å². The van der Waals surface area contributed by atoms with E-state index in [-0.39, 0.29) is 10.8 Å². The lowest BCUT2D eigenvalue weighted by molar-refractivity contribution is -0.384. The van der Waals surface area contributed by atoms with Crippen molar-refractivity contribution in [3.8, 4) is 11.3 Å². The number of nitro groups is 1. The minimum atomic E-state index is -4.65. The molecule has 1 aromatic heterocycles. The van der Waals surface area contributed by atoms with Gasteiger partial charge in [-0.05, 0) is 24.3 Å². The Morgan fingerprint density at radius 2 is 1.78 bits per heavy atom. The van der Waals surface area contributed by atoms with E-state index in [4.69, 9.17) is 0 Å². The van der Waals surface area contributed by atoms with Gasteiger partial charge in [-0.25, -0.2) is 4.98 Å². The molecule has 0 radical (unpaired) electrons. The predicted molar refractivity (Wildman–Crippen MR) is 93.6 cm³/mol. The van der Waals surface area contributed by atoms with E-state index >= 15 is 0 Å². The monoisotopic (exact) mass is 393 g/mol. The van der Waals surface area contributed by atoms with Crippen LogP contribution in [-0.4, -0.2) is 15.8 Å². The standard InChI is InChI=1S/C17H10F3N3O3S/c18-17(19,20)13-4-2-1-3-12(13)15(24)22-16-21-14(9-27-16)10-5-7-11(8-6-10)23(25)26/h1-9H,(H,21,22,24). The van der Waals surface area contributed by atoms with Crippen molar-refractivity contribution in [3.63, 3.8) is 0 Å². The fourth-order valence-corrected chi connectivity index (χ4v) is 3.03. The van der Waals surface area contributed by atoms with Gasteiger partial charge in [0.25, 0.3) is 11.6 Å². The summed E-state index contributed by atoms with van der Waals surface area (Å²) in [7, 11) is 0. The molecule has 0 unspecified atom stereocenters. The highest BCUT2D eigenvalue weighted by molar-refractivity contribution is 7.14. The fraction of sp³-hybridized carbons (Fsp3) is 0.0588. The van der Waals surface area contributed by atoms with Crippen molar-refractivity contribution in [1.82, 2.24) is 4.98 Å². The van der Waals surface area contributed by atoms with Gasteiger partial charge in [-0.1, -0.05) is 12.1 Å². The van der Waals surface area contributed by atoms with E-state index in [0.29, 0.717) is 11.3 Å². The molecule has 0 spiro atoms. The number of aromatic nitrogens is 1. The van der Waals surface area contributed by atoms with Gasteiger partial charge >= 0.3 is 6.18 Å². The zero-order valence-corrected chi connectivity index (χ0v) is 14.2. The van der Waals surface area contributed by atoms with Crippen LogP contribution in [0.5, 0.6) is 0 Å². The molecule has 0 saturated heterocycles. The van der Waals surface area contributed by atoms with Gasteiger partial charge in [0.05, 0.1) is 21.7 Å². The van der Waals surface area contributed by atoms with Crippen LogP contribution in [0.1, 0.15) is 15.9 Å². The molecule has 0 fully saturated rings. The number of hydrogen-bond donors (Lipinski definition) is 1. The fourth-order valence-electron chi connectivity index (χ4n) is 2.31. The smallest absolute Gasteiger partial charge is 0.298 e. The third-order valence-electron chi connectivity index (χ3n) is 3.58. The molecule has 3 rings (SSSR count). The summed E-state index contributed by atoms with van der Waals surface area (Å²) >= 11 is 1.03. The quantitative estimate of drug-likeness (QED) is 0.500. The van der Waals surface area contributed by atoms with Crippen LogP contribution in [-0.2, 0) is 6.18 Å². The normalized spacial score (nSPS) is 11.2. The molecule has 1 amide bonds. The van der Waals surface area contributed by atoms with Gasteiger partial charge in [0.15, 0.2) is 5.13 Å². The average molecular weight is 393 g/mol. The number of alkyl halides is 3. The number of benzene rings is 2. The summed E-state index contributed by atoms with van der Waals surface area (Å²) in [5.74, 6) is -0.924. The first-order valence-electron chi connectivity index (χ1n) is 7.43. The lowest BCUT2D eigenvalue weighted by Crippen LogP contribution is -2.18. The van der Waals surface area contributed by atoms with E-state index in [2.05, 4.69) is 10.3 Å². The topological polar surface area (TPSA) is 85.1 Å². The molecule has 6 nitrogen and oxygen atoms in total. The molecule has 1 N–H and O–H groups in total. The Bertz CT molecular complexity index is 1000. The number of nitro benzene ring substituents is 1. The third-order valence-corrected chi connectivity index (χ3v) is 4.33. The molecule has 1 heterocycles. The summed E-state index contributed by atoms with van der Waals surface area (Å²) in [5.41, 5.74) is -0.597. The summed E-state index contributed by atoms with van der Waals surface area (Å²) in [6.45, 7) is 0. The summed E-state index contributed by atoms with van der Waals surface area (Å²) in [6.07, 6.45) is -4.65. The molecule has 0 aliphatic carbocycles. The number of thiazole rings is 1. The van der Waals surface area contributed by atoms with Gasteiger partial charge < -0.3 is 0 Å². The van der Waals surface area contributed by atoms with Crippen LogP contribution in [0.25, 0.3) is 11.3 Å². The number of carbonyl (C=O) groups is 1. The summed E-state index contributed by atoms with van der Waals surface area (Å²) in [5, 5.41) is 14.7. The van der Waals surface area contributed by atoms with Gasteiger partial charge in [-0.15, -0.1) is 11.3 Å². The van der Waals surface area contributed by atoms with Crippen molar-refractivity contribution in [2.24, 2.45) is 0 Å². The minimum Gasteiger partial charge on any atom is -0.298 e. The maximum atomic E-state index is 13.0. The van der Waals surface area contributed by atoms with E-state index in [1.165, 1.54) is 36.4 Å². The molecule has 2 aromatic carbocycles. The Morgan fingerprint density at radius 1 is 1.11 bits per heavy atom. The number of anilines is 1. The van der Waals surface area contributed by atoms with Crippen LogP contribution < -0.4 is 5.32 Å². The highest BCUT2D eigenvalue weighted by Gasteiger charge is 2.34. The number of hydrogen-bond acceptors (Lipinski definition) is 5. The Morgan fingerprint density at radius 3 is 2.41 bits per heavy atom. The van der Waals surface area contributed by atoms with Gasteiger partial charge in [0.1, 0.15) is 0 Å². The largest absolute Gasteiger partial charge is 0.417 e. The van der Waals surface area contributed by atoms with Crippen LogP contribution >= 0.6 is 11.3 Å². The van der Waals surface area contributed by atoms with Crippen LogP contribution in [0.2, 0.25) is 0 Å². The van der Waals surface area contributed by atoms with Crippen molar-refractivity contribution < 1.29 is 22.9 Å². The van der Waals surface area contributed by atoms with Crippen LogP contribution in [0.15, 0.2) is 53.9 Å². The van der Waals surface area contributed by atoms with E-state index in [1.54, 1.807) is 5.38 Å². The first-order valence-corrected chi connectivity index (χ1v) is 8.31. The minimum absolute atomic E-state index is 0.0775. The molecule has 3 aromatic rings. The maximum Gasteiger partial charge on any atom is 0.417 e. The SMILES string of the molecule is O=C(Nc1nc(-c2ccc([N+](=O)[O-])cc2)cs1)c1ccccc1C(F)(F)F. The second-order valence-electron chi connectivity index (χ2n) is 5.34. The van der Waals surface area contributed by atoms with E-state index in [1.807, 2.05) is 0 Å². The first kappa shape index (κ1) is 18.5. The van der Waals surface area contributed by atoms with Crippen molar-refractivity contribution in [2.45, 2.75) is 6.18 Å². The van der Waals surface area contributed by atoms with Crippen molar-refractivity contribution in [1.29, 1.82) is 0 Å². The molecule has 0 aliphatic heterocycles. The Hall–Kier alpha value is -3.27.